The minimum absolute atomic E-state index is 0.0823. The van der Waals surface area contributed by atoms with E-state index in [1.165, 1.54) is 11.5 Å². The van der Waals surface area contributed by atoms with E-state index in [0.717, 1.165) is 0 Å². The third kappa shape index (κ3) is 1.98. The van der Waals surface area contributed by atoms with E-state index in [1.54, 1.807) is 6.92 Å². The zero-order valence-electron chi connectivity index (χ0n) is 7.65. The van der Waals surface area contributed by atoms with Gasteiger partial charge in [0.25, 0.3) is 0 Å². The van der Waals surface area contributed by atoms with Gasteiger partial charge in [-0.3, -0.25) is 9.36 Å². The number of carbonyl (C=O) groups is 1. The van der Waals surface area contributed by atoms with Crippen LogP contribution in [0.25, 0.3) is 0 Å². The number of nitro groups is 1. The third-order valence-corrected chi connectivity index (χ3v) is 2.42. The van der Waals surface area contributed by atoms with E-state index in [0.29, 0.717) is 5.82 Å². The Morgan fingerprint density at radius 1 is 1.71 bits per heavy atom. The van der Waals surface area contributed by atoms with Gasteiger partial charge in [-0.25, -0.2) is 0 Å². The normalized spacial score (nSPS) is 10.2. The zero-order valence-corrected chi connectivity index (χ0v) is 9.24. The number of imidazole rings is 1. The van der Waals surface area contributed by atoms with Crippen LogP contribution in [0.2, 0.25) is 0 Å². The van der Waals surface area contributed by atoms with E-state index in [9.17, 15) is 14.9 Å². The maximum absolute atomic E-state index is 10.9. The second-order valence-corrected chi connectivity index (χ2v) is 3.57. The number of rotatable bonds is 3. The first kappa shape index (κ1) is 10.8. The molecule has 0 N–H and O–H groups in total. The lowest BCUT2D eigenvalue weighted by Gasteiger charge is -1.99. The highest BCUT2D eigenvalue weighted by Crippen LogP contribution is 2.24. The van der Waals surface area contributed by atoms with Crippen molar-refractivity contribution >= 4 is 27.5 Å². The molecule has 0 radical (unpaired) electrons. The Hall–Kier alpha value is -1.24. The molecule has 1 rings (SSSR count). The van der Waals surface area contributed by atoms with Crippen LogP contribution in [0.5, 0.6) is 0 Å². The minimum Gasteiger partial charge on any atom is -0.358 e. The second kappa shape index (κ2) is 3.87. The van der Waals surface area contributed by atoms with Gasteiger partial charge >= 0.3 is 5.82 Å². The largest absolute Gasteiger partial charge is 0.396 e. The number of ketones is 1. The van der Waals surface area contributed by atoms with Crippen LogP contribution in [-0.2, 0) is 11.3 Å². The SMILES string of the molecule is CC(=O)Cn1c(C)nc([N+](=O)[O-])c1Br. The molecule has 0 atom stereocenters. The van der Waals surface area contributed by atoms with Crippen LogP contribution in [0.3, 0.4) is 0 Å². The van der Waals surface area contributed by atoms with E-state index in [4.69, 9.17) is 0 Å². The summed E-state index contributed by atoms with van der Waals surface area (Å²) in [7, 11) is 0. The number of aromatic nitrogens is 2. The molecule has 1 heterocycles. The lowest BCUT2D eigenvalue weighted by Crippen LogP contribution is -2.08. The van der Waals surface area contributed by atoms with Crippen molar-refractivity contribution < 1.29 is 9.72 Å². The summed E-state index contributed by atoms with van der Waals surface area (Å²) in [6.45, 7) is 3.12. The standard InChI is InChI=1S/C7H8BrN3O3/c1-4(12)3-10-5(2)9-7(6(10)8)11(13)14/h3H2,1-2H3. The lowest BCUT2D eigenvalue weighted by molar-refractivity contribution is -0.390. The lowest BCUT2D eigenvalue weighted by atomic mass is 10.4. The molecule has 1 aromatic heterocycles. The van der Waals surface area contributed by atoms with Crippen molar-refractivity contribution in [2.75, 3.05) is 0 Å². The predicted molar refractivity (Wildman–Crippen MR) is 52.0 cm³/mol. The number of nitrogens with zero attached hydrogens (tertiary/aromatic N) is 3. The summed E-state index contributed by atoms with van der Waals surface area (Å²) in [5.41, 5.74) is 0. The number of aryl methyl sites for hydroxylation is 1. The maximum Gasteiger partial charge on any atom is 0.396 e. The summed E-state index contributed by atoms with van der Waals surface area (Å²) in [4.78, 5) is 24.5. The zero-order chi connectivity index (χ0) is 10.9. The van der Waals surface area contributed by atoms with E-state index < -0.39 is 4.92 Å². The van der Waals surface area contributed by atoms with E-state index >= 15 is 0 Å². The number of hydrogen-bond donors (Lipinski definition) is 0. The van der Waals surface area contributed by atoms with Gasteiger partial charge in [-0.1, -0.05) is 0 Å². The molecule has 1 aromatic rings. The predicted octanol–water partition coefficient (Wildman–Crippen LogP) is 1.45. The van der Waals surface area contributed by atoms with E-state index in [-0.39, 0.29) is 22.7 Å². The molecule has 7 heteroatoms. The van der Waals surface area contributed by atoms with Crippen LogP contribution in [-0.4, -0.2) is 20.3 Å². The molecule has 0 saturated heterocycles. The topological polar surface area (TPSA) is 78.0 Å². The molecule has 14 heavy (non-hydrogen) atoms. The van der Waals surface area contributed by atoms with Crippen molar-refractivity contribution in [2.24, 2.45) is 0 Å². The van der Waals surface area contributed by atoms with Crippen LogP contribution in [0, 0.1) is 17.0 Å². The van der Waals surface area contributed by atoms with Crippen molar-refractivity contribution in [1.29, 1.82) is 0 Å². The maximum atomic E-state index is 10.9. The average molecular weight is 262 g/mol. The van der Waals surface area contributed by atoms with Gasteiger partial charge in [-0.2, -0.15) is 0 Å². The fourth-order valence-electron chi connectivity index (χ4n) is 1.05. The van der Waals surface area contributed by atoms with Gasteiger partial charge in [0.2, 0.25) is 5.82 Å². The number of Topliss-reactive ketones (excluding diaryl/α,β-unsaturated/α-hetero) is 1. The smallest absolute Gasteiger partial charge is 0.358 e. The molecule has 0 bridgehead atoms. The molecule has 0 aliphatic heterocycles. The molecule has 0 unspecified atom stereocenters. The van der Waals surface area contributed by atoms with Gasteiger partial charge in [0.1, 0.15) is 5.78 Å². The molecule has 0 amide bonds. The van der Waals surface area contributed by atoms with Crippen LogP contribution in [0.1, 0.15) is 12.7 Å². The summed E-state index contributed by atoms with van der Waals surface area (Å²) in [5, 5.41) is 10.5. The Bertz CT molecular complexity index is 399. The molecule has 6 nitrogen and oxygen atoms in total. The summed E-state index contributed by atoms with van der Waals surface area (Å²) in [6.07, 6.45) is 0. The molecule has 76 valence electrons. The summed E-state index contributed by atoms with van der Waals surface area (Å²) < 4.78 is 1.69. The van der Waals surface area contributed by atoms with Gasteiger partial charge in [0.05, 0.1) is 6.54 Å². The van der Waals surface area contributed by atoms with Crippen LogP contribution in [0.15, 0.2) is 4.60 Å². The number of halogens is 1. The van der Waals surface area contributed by atoms with Crippen LogP contribution in [0.4, 0.5) is 5.82 Å². The Balaban J connectivity index is 3.17. The van der Waals surface area contributed by atoms with Gasteiger partial charge in [-0.05, 0) is 32.8 Å². The number of hydrogen-bond acceptors (Lipinski definition) is 4. The van der Waals surface area contributed by atoms with Gasteiger partial charge < -0.3 is 10.1 Å². The second-order valence-electron chi connectivity index (χ2n) is 2.82. The Morgan fingerprint density at radius 3 is 2.64 bits per heavy atom. The van der Waals surface area contributed by atoms with Gasteiger partial charge in [0, 0.05) is 6.92 Å². The number of carbonyl (C=O) groups excluding carboxylic acids is 1. The summed E-state index contributed by atoms with van der Waals surface area (Å²) in [5.74, 6) is 0.101. The van der Waals surface area contributed by atoms with Crippen molar-refractivity contribution in [1.82, 2.24) is 9.55 Å². The Morgan fingerprint density at radius 2 is 2.29 bits per heavy atom. The molecule has 0 saturated carbocycles. The molecular formula is C7H8BrN3O3. The molecule has 0 spiro atoms. The van der Waals surface area contributed by atoms with Gasteiger partial charge in [0.15, 0.2) is 4.60 Å². The molecule has 0 fully saturated rings. The highest BCUT2D eigenvalue weighted by Gasteiger charge is 2.23. The van der Waals surface area contributed by atoms with Crippen molar-refractivity contribution in [3.8, 4) is 0 Å². The molecular weight excluding hydrogens is 254 g/mol. The van der Waals surface area contributed by atoms with Crippen molar-refractivity contribution in [3.63, 3.8) is 0 Å². The molecule has 0 aromatic carbocycles. The van der Waals surface area contributed by atoms with E-state index in [1.807, 2.05) is 0 Å². The molecule has 0 aliphatic carbocycles. The van der Waals surface area contributed by atoms with Gasteiger partial charge in [-0.15, -0.1) is 0 Å². The fraction of sp³-hybridized carbons (Fsp3) is 0.429. The van der Waals surface area contributed by atoms with Crippen molar-refractivity contribution in [2.45, 2.75) is 20.4 Å². The van der Waals surface area contributed by atoms with Crippen LogP contribution < -0.4 is 0 Å². The Labute approximate surface area is 88.2 Å². The fourth-order valence-corrected chi connectivity index (χ4v) is 1.66. The summed E-state index contributed by atoms with van der Waals surface area (Å²) in [6, 6.07) is 0. The first-order valence-corrected chi connectivity index (χ1v) is 4.59. The first-order chi connectivity index (χ1) is 6.43. The summed E-state index contributed by atoms with van der Waals surface area (Å²) >= 11 is 3.04. The van der Waals surface area contributed by atoms with Crippen LogP contribution >= 0.6 is 15.9 Å². The van der Waals surface area contributed by atoms with E-state index in [2.05, 4.69) is 20.9 Å². The monoisotopic (exact) mass is 261 g/mol. The minimum atomic E-state index is -0.590. The highest BCUT2D eigenvalue weighted by molar-refractivity contribution is 9.10. The van der Waals surface area contributed by atoms with Crippen molar-refractivity contribution in [3.05, 3.63) is 20.5 Å². The quantitative estimate of drug-likeness (QED) is 0.610. The highest BCUT2D eigenvalue weighted by atomic mass is 79.9. The average Bonchev–Trinajstić information content (AvgIpc) is 2.31. The molecule has 0 aliphatic rings. The first-order valence-electron chi connectivity index (χ1n) is 3.80. The third-order valence-electron chi connectivity index (χ3n) is 1.63. The Kier molecular flexibility index (Phi) is 3.00.